The number of anilines is 3. The third-order valence-corrected chi connectivity index (χ3v) is 5.45. The highest BCUT2D eigenvalue weighted by molar-refractivity contribution is 6.01. The zero-order chi connectivity index (χ0) is 19.0. The maximum Gasteiger partial charge on any atom is 0.292 e. The largest absolute Gasteiger partial charge is 0.381 e. The monoisotopic (exact) mass is 377 g/mol. The number of aromatic amines is 1. The molecule has 2 aromatic heterocycles. The van der Waals surface area contributed by atoms with Crippen LogP contribution in [0.15, 0.2) is 43.0 Å². The van der Waals surface area contributed by atoms with Crippen LogP contribution >= 0.6 is 0 Å². The normalized spacial score (nSPS) is 17.5. The van der Waals surface area contributed by atoms with Gasteiger partial charge in [0.15, 0.2) is 0 Å². The van der Waals surface area contributed by atoms with Crippen molar-refractivity contribution in [3.8, 4) is 0 Å². The van der Waals surface area contributed by atoms with E-state index in [-0.39, 0.29) is 17.1 Å². The zero-order valence-electron chi connectivity index (χ0n) is 15.1. The molecule has 9 nitrogen and oxygen atoms in total. The predicted octanol–water partition coefficient (Wildman–Crippen LogP) is 2.05. The molecule has 2 aliphatic heterocycles. The van der Waals surface area contributed by atoms with Crippen LogP contribution in [0.4, 0.5) is 17.3 Å². The minimum atomic E-state index is -0.320. The van der Waals surface area contributed by atoms with Crippen LogP contribution in [-0.2, 0) is 10.2 Å². The number of benzene rings is 1. The molecule has 4 heterocycles. The summed E-state index contributed by atoms with van der Waals surface area (Å²) in [5.41, 5.74) is 2.95. The molecule has 0 atom stereocenters. The molecule has 2 aliphatic rings. The molecule has 1 saturated heterocycles. The summed E-state index contributed by atoms with van der Waals surface area (Å²) >= 11 is 0. The van der Waals surface area contributed by atoms with Crippen molar-refractivity contribution in [2.75, 3.05) is 30.0 Å². The number of H-pyrrole nitrogens is 1. The fourth-order valence-corrected chi connectivity index (χ4v) is 4.05. The fraction of sp³-hybridized carbons (Fsp3) is 0.316. The lowest BCUT2D eigenvalue weighted by atomic mass is 9.76. The van der Waals surface area contributed by atoms with Crippen LogP contribution in [-0.4, -0.2) is 50.8 Å². The number of carbonyl (C=O) groups excluding carboxylic acids is 1. The van der Waals surface area contributed by atoms with Gasteiger partial charge < -0.3 is 15.0 Å². The second kappa shape index (κ2) is 6.68. The van der Waals surface area contributed by atoms with Crippen molar-refractivity contribution in [3.63, 3.8) is 0 Å². The average Bonchev–Trinajstić information content (AvgIpc) is 3.37. The molecule has 0 radical (unpaired) electrons. The van der Waals surface area contributed by atoms with Crippen molar-refractivity contribution in [3.05, 3.63) is 54.4 Å². The third-order valence-electron chi connectivity index (χ3n) is 5.45. The molecule has 142 valence electrons. The van der Waals surface area contributed by atoms with Gasteiger partial charge in [-0.2, -0.15) is 5.10 Å². The molecule has 0 saturated carbocycles. The van der Waals surface area contributed by atoms with E-state index in [9.17, 15) is 4.79 Å². The summed E-state index contributed by atoms with van der Waals surface area (Å²) < 4.78 is 5.62. The first kappa shape index (κ1) is 16.8. The summed E-state index contributed by atoms with van der Waals surface area (Å²) in [6.07, 6.45) is 6.66. The quantitative estimate of drug-likeness (QED) is 0.719. The van der Waals surface area contributed by atoms with Gasteiger partial charge in [0.05, 0.1) is 0 Å². The van der Waals surface area contributed by atoms with Crippen molar-refractivity contribution in [1.29, 1.82) is 0 Å². The molecule has 5 rings (SSSR count). The zero-order valence-corrected chi connectivity index (χ0v) is 15.1. The first-order valence-corrected chi connectivity index (χ1v) is 9.19. The highest BCUT2D eigenvalue weighted by Crippen LogP contribution is 2.49. The van der Waals surface area contributed by atoms with Gasteiger partial charge in [-0.15, -0.1) is 0 Å². The number of carbonyl (C=O) groups is 1. The number of hydrogen-bond acceptors (Lipinski definition) is 7. The molecule has 0 unspecified atom stereocenters. The number of ether oxygens (including phenoxy) is 1. The Morgan fingerprint density at radius 2 is 2.00 bits per heavy atom. The highest BCUT2D eigenvalue weighted by Gasteiger charge is 2.45. The molecule has 9 heteroatoms. The van der Waals surface area contributed by atoms with Gasteiger partial charge in [0.2, 0.25) is 11.8 Å². The van der Waals surface area contributed by atoms with E-state index in [1.165, 1.54) is 11.9 Å². The van der Waals surface area contributed by atoms with E-state index in [4.69, 9.17) is 4.74 Å². The van der Waals surface area contributed by atoms with Crippen LogP contribution in [0.25, 0.3) is 0 Å². The van der Waals surface area contributed by atoms with Gasteiger partial charge >= 0.3 is 0 Å². The van der Waals surface area contributed by atoms with E-state index in [0.29, 0.717) is 5.95 Å². The Bertz CT molecular complexity index is 985. The molecule has 28 heavy (non-hydrogen) atoms. The van der Waals surface area contributed by atoms with Crippen LogP contribution in [0.3, 0.4) is 0 Å². The van der Waals surface area contributed by atoms with Gasteiger partial charge in [0.1, 0.15) is 6.33 Å². The number of amides is 1. The highest BCUT2D eigenvalue weighted by atomic mass is 16.5. The maximum atomic E-state index is 12.3. The molecule has 1 spiro atoms. The van der Waals surface area contributed by atoms with Crippen LogP contribution in [0.2, 0.25) is 0 Å². The van der Waals surface area contributed by atoms with Gasteiger partial charge in [-0.3, -0.25) is 9.89 Å². The molecule has 3 aromatic rings. The first-order valence-electron chi connectivity index (χ1n) is 9.19. The Morgan fingerprint density at radius 3 is 2.75 bits per heavy atom. The Balaban J connectivity index is 1.52. The van der Waals surface area contributed by atoms with E-state index in [1.807, 2.05) is 18.2 Å². The van der Waals surface area contributed by atoms with Gasteiger partial charge in [0.25, 0.3) is 5.91 Å². The third kappa shape index (κ3) is 2.80. The lowest BCUT2D eigenvalue weighted by Gasteiger charge is -2.34. The van der Waals surface area contributed by atoms with Crippen LogP contribution in [0.1, 0.15) is 29.0 Å². The van der Waals surface area contributed by atoms with Crippen molar-refractivity contribution < 1.29 is 9.53 Å². The Morgan fingerprint density at radius 1 is 1.18 bits per heavy atom. The number of nitrogens with one attached hydrogen (secondary N) is 2. The Labute approximate surface area is 161 Å². The van der Waals surface area contributed by atoms with E-state index in [2.05, 4.69) is 41.4 Å². The smallest absolute Gasteiger partial charge is 0.292 e. The van der Waals surface area contributed by atoms with E-state index in [0.717, 1.165) is 44.0 Å². The summed E-state index contributed by atoms with van der Waals surface area (Å²) in [7, 11) is 0. The average molecular weight is 377 g/mol. The van der Waals surface area contributed by atoms with Crippen molar-refractivity contribution in [2.24, 2.45) is 0 Å². The SMILES string of the molecule is O=C(Nc1ccc2c(c1)C1(CCOCC1)CN2c1ncccn1)c1ncn[nH]1. The topological polar surface area (TPSA) is 109 Å². The van der Waals surface area contributed by atoms with Gasteiger partial charge in [0, 0.05) is 48.9 Å². The molecular formula is C19H19N7O2. The van der Waals surface area contributed by atoms with E-state index >= 15 is 0 Å². The standard InChI is InChI=1S/C19H19N7O2/c27-17(16-22-12-23-25-16)24-13-2-3-15-14(10-13)19(4-8-28-9-5-19)11-26(15)18-20-6-1-7-21-18/h1-3,6-7,10,12H,4-5,8-9,11H2,(H,24,27)(H,22,23,25). The second-order valence-electron chi connectivity index (χ2n) is 7.05. The minimum absolute atomic E-state index is 0.0419. The molecular weight excluding hydrogens is 358 g/mol. The van der Waals surface area contributed by atoms with Crippen LogP contribution in [0, 0.1) is 0 Å². The summed E-state index contributed by atoms with van der Waals surface area (Å²) in [4.78, 5) is 27.3. The van der Waals surface area contributed by atoms with E-state index in [1.54, 1.807) is 12.4 Å². The summed E-state index contributed by atoms with van der Waals surface area (Å²) in [6, 6.07) is 7.78. The molecule has 1 fully saturated rings. The molecule has 0 aliphatic carbocycles. The lowest BCUT2D eigenvalue weighted by molar-refractivity contribution is 0.0557. The van der Waals surface area contributed by atoms with Crippen molar-refractivity contribution in [2.45, 2.75) is 18.3 Å². The molecule has 0 bridgehead atoms. The molecule has 2 N–H and O–H groups in total. The minimum Gasteiger partial charge on any atom is -0.381 e. The maximum absolute atomic E-state index is 12.3. The summed E-state index contributed by atoms with van der Waals surface area (Å²) in [5, 5.41) is 9.20. The van der Waals surface area contributed by atoms with Crippen LogP contribution < -0.4 is 10.2 Å². The number of fused-ring (bicyclic) bond motifs is 2. The molecule has 1 aromatic carbocycles. The lowest BCUT2D eigenvalue weighted by Crippen LogP contribution is -2.37. The number of aromatic nitrogens is 5. The first-order chi connectivity index (χ1) is 13.8. The van der Waals surface area contributed by atoms with Crippen molar-refractivity contribution >= 4 is 23.2 Å². The number of nitrogens with zero attached hydrogens (tertiary/aromatic N) is 5. The molecule has 1 amide bonds. The number of hydrogen-bond donors (Lipinski definition) is 2. The predicted molar refractivity (Wildman–Crippen MR) is 102 cm³/mol. The van der Waals surface area contributed by atoms with Crippen LogP contribution in [0.5, 0.6) is 0 Å². The fourth-order valence-electron chi connectivity index (χ4n) is 4.05. The second-order valence-corrected chi connectivity index (χ2v) is 7.05. The summed E-state index contributed by atoms with van der Waals surface area (Å²) in [6.45, 7) is 2.24. The van der Waals surface area contributed by atoms with Gasteiger partial charge in [-0.25, -0.2) is 15.0 Å². The summed E-state index contributed by atoms with van der Waals surface area (Å²) in [5.74, 6) is 0.547. The Hall–Kier alpha value is -3.33. The van der Waals surface area contributed by atoms with Gasteiger partial charge in [-0.05, 0) is 42.7 Å². The number of rotatable bonds is 3. The van der Waals surface area contributed by atoms with E-state index < -0.39 is 0 Å². The van der Waals surface area contributed by atoms with Crippen molar-refractivity contribution in [1.82, 2.24) is 25.1 Å². The Kier molecular flexibility index (Phi) is 4.01. The van der Waals surface area contributed by atoms with Gasteiger partial charge in [-0.1, -0.05) is 0 Å².